The van der Waals surface area contributed by atoms with E-state index in [-0.39, 0.29) is 11.0 Å². The van der Waals surface area contributed by atoms with Crippen molar-refractivity contribution in [3.05, 3.63) is 58.1 Å². The maximum absolute atomic E-state index is 12.5. The van der Waals surface area contributed by atoms with Gasteiger partial charge in [0.05, 0.1) is 23.4 Å². The number of amides is 2. The van der Waals surface area contributed by atoms with Gasteiger partial charge in [0.2, 0.25) is 0 Å². The summed E-state index contributed by atoms with van der Waals surface area (Å²) in [7, 11) is 1.54. The van der Waals surface area contributed by atoms with Gasteiger partial charge in [0.25, 0.3) is 11.8 Å². The maximum Gasteiger partial charge on any atom is 0.261 e. The van der Waals surface area contributed by atoms with Gasteiger partial charge in [-0.2, -0.15) is 0 Å². The lowest BCUT2D eigenvalue weighted by molar-refractivity contribution is 0.0960. The van der Waals surface area contributed by atoms with Crippen molar-refractivity contribution < 1.29 is 14.3 Å². The molecule has 0 unspecified atom stereocenters. The number of thiocarbonyl (C=S) groups is 1. The number of rotatable bonds is 5. The predicted octanol–water partition coefficient (Wildman–Crippen LogP) is 3.33. The lowest BCUT2D eigenvalue weighted by atomic mass is 10.1. The van der Waals surface area contributed by atoms with Crippen molar-refractivity contribution in [1.29, 1.82) is 0 Å². The van der Waals surface area contributed by atoms with E-state index >= 15 is 0 Å². The number of benzene rings is 2. The van der Waals surface area contributed by atoms with Crippen molar-refractivity contribution >= 4 is 50.8 Å². The third-order valence-electron chi connectivity index (χ3n) is 3.36. The number of hydrogen-bond acceptors (Lipinski definition) is 4. The average Bonchev–Trinajstić information content (AvgIpc) is 2.63. The van der Waals surface area contributed by atoms with Crippen LogP contribution in [0.1, 0.15) is 27.6 Å². The number of hydrogen-bond donors (Lipinski definition) is 3. The summed E-state index contributed by atoms with van der Waals surface area (Å²) in [6, 6.07) is 12.0. The molecule has 0 heterocycles. The molecule has 0 aliphatic heterocycles. The Kier molecular flexibility index (Phi) is 7.11. The van der Waals surface area contributed by atoms with E-state index in [4.69, 9.17) is 17.0 Å². The van der Waals surface area contributed by atoms with E-state index in [1.165, 1.54) is 0 Å². The van der Waals surface area contributed by atoms with Crippen LogP contribution in [0.2, 0.25) is 0 Å². The van der Waals surface area contributed by atoms with Gasteiger partial charge in [-0.3, -0.25) is 14.9 Å². The number of para-hydroxylation sites is 1. The highest BCUT2D eigenvalue weighted by Gasteiger charge is 2.16. The summed E-state index contributed by atoms with van der Waals surface area (Å²) >= 11 is 8.55. The zero-order chi connectivity index (χ0) is 19.1. The standard InChI is InChI=1S/C18H18BrN3O3S/c1-3-25-15-9-8-11(19)10-13(15)17(24)22-18(26)21-14-7-5-4-6-12(14)16(23)20-2/h4-10H,3H2,1-2H3,(H,20,23)(H2,21,22,24,26). The van der Waals surface area contributed by atoms with Crippen LogP contribution in [0.4, 0.5) is 5.69 Å². The smallest absolute Gasteiger partial charge is 0.261 e. The van der Waals surface area contributed by atoms with Crippen LogP contribution in [0.3, 0.4) is 0 Å². The highest BCUT2D eigenvalue weighted by Crippen LogP contribution is 2.23. The monoisotopic (exact) mass is 435 g/mol. The molecule has 0 radical (unpaired) electrons. The Hall–Kier alpha value is -2.45. The fraction of sp³-hybridized carbons (Fsp3) is 0.167. The Bertz CT molecular complexity index is 842. The molecular formula is C18H18BrN3O3S. The SMILES string of the molecule is CCOc1ccc(Br)cc1C(=O)NC(=S)Nc1ccccc1C(=O)NC. The number of halogens is 1. The summed E-state index contributed by atoms with van der Waals surface area (Å²) in [6.45, 7) is 2.27. The van der Waals surface area contributed by atoms with Gasteiger partial charge >= 0.3 is 0 Å². The van der Waals surface area contributed by atoms with Crippen LogP contribution in [-0.2, 0) is 0 Å². The molecule has 0 saturated carbocycles. The molecule has 2 aromatic carbocycles. The molecule has 0 aromatic heterocycles. The van der Waals surface area contributed by atoms with Gasteiger partial charge in [-0.25, -0.2) is 0 Å². The fourth-order valence-electron chi connectivity index (χ4n) is 2.21. The molecule has 6 nitrogen and oxygen atoms in total. The molecule has 0 spiro atoms. The fourth-order valence-corrected chi connectivity index (χ4v) is 2.77. The van der Waals surface area contributed by atoms with E-state index in [0.717, 1.165) is 4.47 Å². The largest absolute Gasteiger partial charge is 0.493 e. The molecule has 3 N–H and O–H groups in total. The molecule has 2 rings (SSSR count). The Labute approximate surface area is 165 Å². The molecule has 2 aromatic rings. The first kappa shape index (κ1) is 19.9. The zero-order valence-electron chi connectivity index (χ0n) is 14.3. The van der Waals surface area contributed by atoms with Gasteiger partial charge in [-0.15, -0.1) is 0 Å². The van der Waals surface area contributed by atoms with E-state index in [1.54, 1.807) is 49.5 Å². The van der Waals surface area contributed by atoms with Crippen molar-refractivity contribution in [3.8, 4) is 5.75 Å². The Morgan fingerprint density at radius 3 is 2.54 bits per heavy atom. The maximum atomic E-state index is 12.5. The highest BCUT2D eigenvalue weighted by molar-refractivity contribution is 9.10. The molecule has 0 aliphatic rings. The second kappa shape index (κ2) is 9.30. The number of anilines is 1. The summed E-state index contributed by atoms with van der Waals surface area (Å²) < 4.78 is 6.23. The second-order valence-corrected chi connectivity index (χ2v) is 6.43. The quantitative estimate of drug-likeness (QED) is 0.627. The van der Waals surface area contributed by atoms with E-state index in [0.29, 0.717) is 29.2 Å². The normalized spacial score (nSPS) is 9.96. The summed E-state index contributed by atoms with van der Waals surface area (Å²) in [5, 5.41) is 8.12. The van der Waals surface area contributed by atoms with Gasteiger partial charge < -0.3 is 15.4 Å². The first-order valence-electron chi connectivity index (χ1n) is 7.82. The lowest BCUT2D eigenvalue weighted by Crippen LogP contribution is -2.35. The molecular weight excluding hydrogens is 418 g/mol. The Balaban J connectivity index is 2.15. The summed E-state index contributed by atoms with van der Waals surface area (Å²) in [4.78, 5) is 24.5. The molecule has 136 valence electrons. The van der Waals surface area contributed by atoms with Crippen molar-refractivity contribution in [1.82, 2.24) is 10.6 Å². The van der Waals surface area contributed by atoms with E-state index in [2.05, 4.69) is 31.9 Å². The van der Waals surface area contributed by atoms with E-state index < -0.39 is 5.91 Å². The third-order valence-corrected chi connectivity index (χ3v) is 4.06. The van der Waals surface area contributed by atoms with Crippen molar-refractivity contribution in [2.45, 2.75) is 6.92 Å². The molecule has 0 aliphatic carbocycles. The van der Waals surface area contributed by atoms with Gasteiger partial charge in [-0.1, -0.05) is 28.1 Å². The third kappa shape index (κ3) is 5.03. The van der Waals surface area contributed by atoms with Crippen molar-refractivity contribution in [2.75, 3.05) is 19.0 Å². The minimum absolute atomic E-state index is 0.0776. The minimum atomic E-state index is -0.412. The van der Waals surface area contributed by atoms with E-state index in [9.17, 15) is 9.59 Å². The second-order valence-electron chi connectivity index (χ2n) is 5.11. The molecule has 8 heteroatoms. The van der Waals surface area contributed by atoms with Gasteiger partial charge in [0.1, 0.15) is 5.75 Å². The van der Waals surface area contributed by atoms with Gasteiger partial charge in [0.15, 0.2) is 5.11 Å². The number of carbonyl (C=O) groups is 2. The van der Waals surface area contributed by atoms with Crippen LogP contribution in [0, 0.1) is 0 Å². The van der Waals surface area contributed by atoms with Crippen LogP contribution >= 0.6 is 28.1 Å². The Morgan fingerprint density at radius 1 is 1.12 bits per heavy atom. The van der Waals surface area contributed by atoms with Gasteiger partial charge in [0, 0.05) is 11.5 Å². The first-order chi connectivity index (χ1) is 12.5. The molecule has 2 amide bonds. The molecule has 0 atom stereocenters. The minimum Gasteiger partial charge on any atom is -0.493 e. The zero-order valence-corrected chi connectivity index (χ0v) is 16.7. The van der Waals surface area contributed by atoms with Crippen LogP contribution in [0.5, 0.6) is 5.75 Å². The molecule has 26 heavy (non-hydrogen) atoms. The van der Waals surface area contributed by atoms with Crippen LogP contribution < -0.4 is 20.7 Å². The molecule has 0 fully saturated rings. The predicted molar refractivity (Wildman–Crippen MR) is 109 cm³/mol. The van der Waals surface area contributed by atoms with Crippen LogP contribution in [0.15, 0.2) is 46.9 Å². The van der Waals surface area contributed by atoms with Crippen LogP contribution in [-0.4, -0.2) is 30.6 Å². The number of ether oxygens (including phenoxy) is 1. The van der Waals surface area contributed by atoms with E-state index in [1.807, 2.05) is 6.92 Å². The number of carbonyl (C=O) groups excluding carboxylic acids is 2. The average molecular weight is 436 g/mol. The van der Waals surface area contributed by atoms with Gasteiger partial charge in [-0.05, 0) is 49.5 Å². The summed E-state index contributed by atoms with van der Waals surface area (Å²) in [5.41, 5.74) is 1.27. The highest BCUT2D eigenvalue weighted by atomic mass is 79.9. The first-order valence-corrected chi connectivity index (χ1v) is 9.02. The lowest BCUT2D eigenvalue weighted by Gasteiger charge is -2.14. The molecule has 0 saturated heterocycles. The number of nitrogens with one attached hydrogen (secondary N) is 3. The summed E-state index contributed by atoms with van der Waals surface area (Å²) in [6.07, 6.45) is 0. The topological polar surface area (TPSA) is 79.5 Å². The Morgan fingerprint density at radius 2 is 1.85 bits per heavy atom. The van der Waals surface area contributed by atoms with Crippen molar-refractivity contribution in [3.63, 3.8) is 0 Å². The molecule has 0 bridgehead atoms. The van der Waals surface area contributed by atoms with Crippen LogP contribution in [0.25, 0.3) is 0 Å². The summed E-state index contributed by atoms with van der Waals surface area (Å²) in [5.74, 6) is -0.209. The van der Waals surface area contributed by atoms with Crippen molar-refractivity contribution in [2.24, 2.45) is 0 Å².